The number of hydrogen-bond acceptors (Lipinski definition) is 6. The molecule has 8 nitrogen and oxygen atoms in total. The van der Waals surface area contributed by atoms with Gasteiger partial charge in [0.05, 0.1) is 5.56 Å². The maximum absolute atomic E-state index is 12.9. The lowest BCUT2D eigenvalue weighted by Crippen LogP contribution is -2.42. The summed E-state index contributed by atoms with van der Waals surface area (Å²) in [7, 11) is 0. The summed E-state index contributed by atoms with van der Waals surface area (Å²) < 4.78 is 38.8. The molecule has 0 spiro atoms. The molecule has 2 aromatic heterocycles. The normalized spacial score (nSPS) is 14.9. The van der Waals surface area contributed by atoms with E-state index in [1.165, 1.54) is 12.1 Å². The molecule has 1 saturated heterocycles. The van der Waals surface area contributed by atoms with Crippen LogP contribution in [0.1, 0.15) is 34.5 Å². The number of likely N-dealkylation sites (tertiary alicyclic amines) is 1. The lowest BCUT2D eigenvalue weighted by atomic mass is 10.0. The maximum Gasteiger partial charge on any atom is 0.416 e. The first-order valence-corrected chi connectivity index (χ1v) is 10.1. The van der Waals surface area contributed by atoms with E-state index in [9.17, 15) is 18.0 Å². The minimum Gasteiger partial charge on any atom is -0.351 e. The van der Waals surface area contributed by atoms with Crippen molar-refractivity contribution in [3.63, 3.8) is 0 Å². The molecule has 0 saturated carbocycles. The average molecular weight is 445 g/mol. The molecular formula is C21H22F3N7O. The van der Waals surface area contributed by atoms with Gasteiger partial charge in [-0.3, -0.25) is 9.89 Å². The number of hydrogen-bond donors (Lipinski definition) is 3. The quantitative estimate of drug-likeness (QED) is 0.549. The van der Waals surface area contributed by atoms with E-state index in [1.807, 2.05) is 13.0 Å². The first kappa shape index (κ1) is 21.6. The van der Waals surface area contributed by atoms with E-state index in [0.29, 0.717) is 43.5 Å². The van der Waals surface area contributed by atoms with E-state index in [4.69, 9.17) is 0 Å². The average Bonchev–Trinajstić information content (AvgIpc) is 3.18. The summed E-state index contributed by atoms with van der Waals surface area (Å²) in [4.78, 5) is 22.9. The predicted molar refractivity (Wildman–Crippen MR) is 113 cm³/mol. The van der Waals surface area contributed by atoms with Gasteiger partial charge in [0.15, 0.2) is 5.82 Å². The van der Waals surface area contributed by atoms with Gasteiger partial charge in [0.2, 0.25) is 5.95 Å². The lowest BCUT2D eigenvalue weighted by molar-refractivity contribution is -0.137. The fourth-order valence-corrected chi connectivity index (χ4v) is 3.53. The molecule has 1 aliphatic rings. The molecule has 1 fully saturated rings. The summed E-state index contributed by atoms with van der Waals surface area (Å²) in [6.45, 7) is 2.75. The van der Waals surface area contributed by atoms with Crippen molar-refractivity contribution in [2.75, 3.05) is 23.7 Å². The van der Waals surface area contributed by atoms with Crippen LogP contribution in [0, 0.1) is 6.92 Å². The Morgan fingerprint density at radius 2 is 1.94 bits per heavy atom. The first-order chi connectivity index (χ1) is 15.3. The number of nitrogens with zero attached hydrogens (tertiary/aromatic N) is 4. The van der Waals surface area contributed by atoms with Crippen molar-refractivity contribution in [3.8, 4) is 0 Å². The molecule has 0 radical (unpaired) electrons. The number of H-pyrrole nitrogens is 1. The van der Waals surface area contributed by atoms with Gasteiger partial charge in [-0.05, 0) is 44.0 Å². The van der Waals surface area contributed by atoms with Crippen LogP contribution >= 0.6 is 0 Å². The Hall–Kier alpha value is -3.63. The molecular weight excluding hydrogens is 423 g/mol. The van der Waals surface area contributed by atoms with Crippen LogP contribution in [0.4, 0.5) is 30.8 Å². The lowest BCUT2D eigenvalue weighted by Gasteiger charge is -2.32. The van der Waals surface area contributed by atoms with Gasteiger partial charge in [-0.25, -0.2) is 4.98 Å². The summed E-state index contributed by atoms with van der Waals surface area (Å²) in [6, 6.07) is 8.16. The number of carbonyl (C=O) groups is 1. The monoisotopic (exact) mass is 445 g/mol. The Morgan fingerprint density at radius 3 is 2.62 bits per heavy atom. The number of anilines is 3. The molecule has 3 aromatic rings. The highest BCUT2D eigenvalue weighted by Gasteiger charge is 2.32. The zero-order chi connectivity index (χ0) is 22.7. The van der Waals surface area contributed by atoms with Crippen molar-refractivity contribution in [3.05, 3.63) is 59.4 Å². The van der Waals surface area contributed by atoms with E-state index in [1.54, 1.807) is 17.2 Å². The molecule has 168 valence electrons. The number of halogens is 3. The van der Waals surface area contributed by atoms with Crippen LogP contribution < -0.4 is 10.6 Å². The minimum atomic E-state index is -4.48. The second-order valence-corrected chi connectivity index (χ2v) is 7.62. The highest BCUT2D eigenvalue weighted by molar-refractivity contribution is 5.94. The van der Waals surface area contributed by atoms with Crippen LogP contribution in [0.15, 0.2) is 42.6 Å². The number of benzene rings is 1. The highest BCUT2D eigenvalue weighted by Crippen LogP contribution is 2.30. The Kier molecular flexibility index (Phi) is 5.97. The summed E-state index contributed by atoms with van der Waals surface area (Å²) >= 11 is 0. The molecule has 4 rings (SSSR count). The van der Waals surface area contributed by atoms with Crippen molar-refractivity contribution >= 4 is 23.5 Å². The smallest absolute Gasteiger partial charge is 0.351 e. The third-order valence-electron chi connectivity index (χ3n) is 5.17. The largest absolute Gasteiger partial charge is 0.416 e. The number of aryl methyl sites for hydroxylation is 1. The van der Waals surface area contributed by atoms with Gasteiger partial charge >= 0.3 is 6.18 Å². The maximum atomic E-state index is 12.9. The van der Waals surface area contributed by atoms with Crippen LogP contribution in [0.25, 0.3) is 0 Å². The fourth-order valence-electron chi connectivity index (χ4n) is 3.53. The molecule has 32 heavy (non-hydrogen) atoms. The Balaban J connectivity index is 1.33. The van der Waals surface area contributed by atoms with E-state index >= 15 is 0 Å². The number of rotatable bonds is 5. The zero-order valence-corrected chi connectivity index (χ0v) is 17.3. The Bertz CT molecular complexity index is 1090. The summed E-state index contributed by atoms with van der Waals surface area (Å²) in [5.41, 5.74) is 0.142. The molecule has 3 heterocycles. The van der Waals surface area contributed by atoms with Crippen LogP contribution in [-0.4, -0.2) is 50.1 Å². The predicted octanol–water partition coefficient (Wildman–Crippen LogP) is 3.99. The molecule has 0 atom stereocenters. The summed E-state index contributed by atoms with van der Waals surface area (Å²) in [6.07, 6.45) is -1.59. The summed E-state index contributed by atoms with van der Waals surface area (Å²) in [5.74, 6) is 1.29. The van der Waals surface area contributed by atoms with E-state index in [0.717, 1.165) is 17.8 Å². The number of alkyl halides is 3. The molecule has 11 heteroatoms. The molecule has 3 N–H and O–H groups in total. The zero-order valence-electron chi connectivity index (χ0n) is 17.3. The van der Waals surface area contributed by atoms with Gasteiger partial charge in [-0.15, -0.1) is 0 Å². The van der Waals surface area contributed by atoms with E-state index in [-0.39, 0.29) is 11.6 Å². The minimum absolute atomic E-state index is 0.0435. The van der Waals surface area contributed by atoms with Gasteiger partial charge < -0.3 is 15.5 Å². The number of aromatic nitrogens is 4. The number of nitrogens with one attached hydrogen (secondary N) is 3. The fraction of sp³-hybridized carbons (Fsp3) is 0.333. The molecule has 1 amide bonds. The standard InChI is InChI=1S/C21H22F3N7O/c1-13-11-18(30-29-13)27-17-5-8-25-20(28-17)26-16-6-9-31(10-7-16)19(32)14-3-2-4-15(12-14)21(22,23)24/h2-5,8,11-12,16H,6-7,9-10H2,1H3,(H3,25,26,27,28,29,30). The molecule has 0 bridgehead atoms. The van der Waals surface area contributed by atoms with Gasteiger partial charge in [-0.1, -0.05) is 6.07 Å². The SMILES string of the molecule is Cc1cc(Nc2ccnc(NC3CCN(C(=O)c4cccc(C(F)(F)F)c4)CC3)n2)n[nH]1. The number of aromatic amines is 1. The van der Waals surface area contributed by atoms with Crippen molar-refractivity contribution in [1.29, 1.82) is 0 Å². The number of piperidine rings is 1. The number of carbonyl (C=O) groups excluding carboxylic acids is 1. The third-order valence-corrected chi connectivity index (χ3v) is 5.17. The summed E-state index contributed by atoms with van der Waals surface area (Å²) in [5, 5.41) is 13.3. The van der Waals surface area contributed by atoms with Crippen molar-refractivity contribution < 1.29 is 18.0 Å². The van der Waals surface area contributed by atoms with E-state index in [2.05, 4.69) is 30.8 Å². The van der Waals surface area contributed by atoms with Crippen LogP contribution in [-0.2, 0) is 6.18 Å². The second kappa shape index (κ2) is 8.85. The van der Waals surface area contributed by atoms with Gasteiger partial charge in [-0.2, -0.15) is 23.3 Å². The highest BCUT2D eigenvalue weighted by atomic mass is 19.4. The van der Waals surface area contributed by atoms with Crippen LogP contribution in [0.3, 0.4) is 0 Å². The van der Waals surface area contributed by atoms with Crippen LogP contribution in [0.5, 0.6) is 0 Å². The van der Waals surface area contributed by atoms with Gasteiger partial charge in [0.25, 0.3) is 5.91 Å². The third kappa shape index (κ3) is 5.16. The molecule has 1 aromatic carbocycles. The van der Waals surface area contributed by atoms with Crippen molar-refractivity contribution in [1.82, 2.24) is 25.1 Å². The second-order valence-electron chi connectivity index (χ2n) is 7.62. The molecule has 1 aliphatic heterocycles. The molecule has 0 aliphatic carbocycles. The Labute approximate surface area is 182 Å². The Morgan fingerprint density at radius 1 is 1.16 bits per heavy atom. The van der Waals surface area contributed by atoms with Gasteiger partial charge in [0, 0.05) is 42.7 Å². The van der Waals surface area contributed by atoms with Gasteiger partial charge in [0.1, 0.15) is 5.82 Å². The van der Waals surface area contributed by atoms with Crippen molar-refractivity contribution in [2.24, 2.45) is 0 Å². The first-order valence-electron chi connectivity index (χ1n) is 10.1. The van der Waals surface area contributed by atoms with Crippen LogP contribution in [0.2, 0.25) is 0 Å². The molecule has 0 unspecified atom stereocenters. The van der Waals surface area contributed by atoms with Crippen molar-refractivity contribution in [2.45, 2.75) is 32.0 Å². The van der Waals surface area contributed by atoms with E-state index < -0.39 is 17.6 Å². The number of amides is 1. The topological polar surface area (TPSA) is 98.8 Å².